The fourth-order valence-electron chi connectivity index (χ4n) is 1.99. The zero-order valence-corrected chi connectivity index (χ0v) is 10.6. The van der Waals surface area contributed by atoms with E-state index in [9.17, 15) is 0 Å². The summed E-state index contributed by atoms with van der Waals surface area (Å²) in [6, 6.07) is 6.25. The zero-order chi connectivity index (χ0) is 12.3. The Bertz CT molecular complexity index is 444. The van der Waals surface area contributed by atoms with Gasteiger partial charge in [-0.2, -0.15) is 0 Å². The molecule has 0 heterocycles. The van der Waals surface area contributed by atoms with Gasteiger partial charge >= 0.3 is 0 Å². The van der Waals surface area contributed by atoms with Crippen LogP contribution in [0.2, 0.25) is 0 Å². The van der Waals surface area contributed by atoms with E-state index in [0.717, 1.165) is 16.9 Å². The Kier molecular flexibility index (Phi) is 3.83. The van der Waals surface area contributed by atoms with Crippen LogP contribution in [0.15, 0.2) is 41.9 Å². The number of aryl methyl sites for hydroxylation is 2. The standard InChI is InChI=1S/C15H19N/c1-10(2)15(16-6)13(5)14-11(3)8-7-9-12(14)4/h7-9H,1,5H2,2-4,6H3. The Labute approximate surface area is 98.2 Å². The number of aliphatic imine (C=N–C) groups is 1. The van der Waals surface area contributed by atoms with Crippen molar-refractivity contribution < 1.29 is 0 Å². The number of hydrogen-bond acceptors (Lipinski definition) is 1. The van der Waals surface area contributed by atoms with Crippen molar-refractivity contribution in [3.8, 4) is 0 Å². The van der Waals surface area contributed by atoms with Crippen LogP contribution >= 0.6 is 0 Å². The van der Waals surface area contributed by atoms with E-state index in [1.54, 1.807) is 7.05 Å². The van der Waals surface area contributed by atoms with Crippen LogP contribution in [0.25, 0.3) is 5.57 Å². The van der Waals surface area contributed by atoms with E-state index in [0.29, 0.717) is 0 Å². The highest BCUT2D eigenvalue weighted by molar-refractivity contribution is 6.31. The van der Waals surface area contributed by atoms with Gasteiger partial charge in [-0.25, -0.2) is 0 Å². The van der Waals surface area contributed by atoms with Gasteiger partial charge in [-0.15, -0.1) is 0 Å². The molecule has 0 bridgehead atoms. The molecule has 0 saturated carbocycles. The molecule has 0 amide bonds. The second kappa shape index (κ2) is 4.93. The monoisotopic (exact) mass is 213 g/mol. The molecular weight excluding hydrogens is 194 g/mol. The molecule has 0 spiro atoms. The second-order valence-electron chi connectivity index (χ2n) is 4.10. The lowest BCUT2D eigenvalue weighted by Crippen LogP contribution is -2.05. The minimum Gasteiger partial charge on any atom is -0.288 e. The van der Waals surface area contributed by atoms with Gasteiger partial charge in [0.25, 0.3) is 0 Å². The third kappa shape index (κ3) is 2.30. The smallest absolute Gasteiger partial charge is 0.0666 e. The molecule has 0 aliphatic carbocycles. The largest absolute Gasteiger partial charge is 0.288 e. The van der Waals surface area contributed by atoms with Crippen molar-refractivity contribution in [1.29, 1.82) is 0 Å². The number of nitrogens with zero attached hydrogens (tertiary/aromatic N) is 1. The molecule has 0 fully saturated rings. The molecule has 0 atom stereocenters. The van der Waals surface area contributed by atoms with E-state index in [1.807, 2.05) is 6.92 Å². The lowest BCUT2D eigenvalue weighted by atomic mass is 9.92. The van der Waals surface area contributed by atoms with Crippen LogP contribution < -0.4 is 0 Å². The van der Waals surface area contributed by atoms with Crippen molar-refractivity contribution >= 4 is 11.3 Å². The molecule has 0 aliphatic rings. The molecular formula is C15H19N. The average molecular weight is 213 g/mol. The van der Waals surface area contributed by atoms with Gasteiger partial charge in [0.05, 0.1) is 5.71 Å². The summed E-state index contributed by atoms with van der Waals surface area (Å²) in [5.41, 5.74) is 6.46. The summed E-state index contributed by atoms with van der Waals surface area (Å²) in [5.74, 6) is 0. The third-order valence-corrected chi connectivity index (χ3v) is 2.70. The highest BCUT2D eigenvalue weighted by atomic mass is 14.7. The maximum absolute atomic E-state index is 4.26. The molecule has 0 saturated heterocycles. The minimum atomic E-state index is 0.900. The predicted molar refractivity (Wildman–Crippen MR) is 73.1 cm³/mol. The fraction of sp³-hybridized carbons (Fsp3) is 0.267. The summed E-state index contributed by atoms with van der Waals surface area (Å²) < 4.78 is 0. The quantitative estimate of drug-likeness (QED) is 0.674. The Morgan fingerprint density at radius 1 is 1.12 bits per heavy atom. The molecule has 1 aromatic carbocycles. The lowest BCUT2D eigenvalue weighted by molar-refractivity contribution is 1.34. The topological polar surface area (TPSA) is 12.4 Å². The van der Waals surface area contributed by atoms with E-state index in [4.69, 9.17) is 0 Å². The number of hydrogen-bond donors (Lipinski definition) is 0. The highest BCUT2D eigenvalue weighted by Crippen LogP contribution is 2.24. The molecule has 16 heavy (non-hydrogen) atoms. The van der Waals surface area contributed by atoms with Crippen LogP contribution in [0, 0.1) is 13.8 Å². The van der Waals surface area contributed by atoms with Crippen molar-refractivity contribution in [2.45, 2.75) is 20.8 Å². The van der Waals surface area contributed by atoms with Crippen LogP contribution in [0.4, 0.5) is 0 Å². The molecule has 1 nitrogen and oxygen atoms in total. The van der Waals surface area contributed by atoms with Crippen molar-refractivity contribution in [3.05, 3.63) is 53.6 Å². The normalized spacial score (nSPS) is 11.4. The number of rotatable bonds is 3. The number of benzene rings is 1. The Morgan fingerprint density at radius 3 is 2.00 bits per heavy atom. The first-order valence-electron chi connectivity index (χ1n) is 5.37. The molecule has 0 radical (unpaired) electrons. The highest BCUT2D eigenvalue weighted by Gasteiger charge is 2.11. The summed E-state index contributed by atoms with van der Waals surface area (Å²) in [6.45, 7) is 14.2. The van der Waals surface area contributed by atoms with Crippen LogP contribution in [0.1, 0.15) is 23.6 Å². The van der Waals surface area contributed by atoms with Gasteiger partial charge < -0.3 is 0 Å². The number of allylic oxidation sites excluding steroid dienone is 2. The van der Waals surface area contributed by atoms with Crippen LogP contribution in [0.3, 0.4) is 0 Å². The first-order valence-corrected chi connectivity index (χ1v) is 5.37. The fourth-order valence-corrected chi connectivity index (χ4v) is 1.99. The van der Waals surface area contributed by atoms with Crippen molar-refractivity contribution in [2.24, 2.45) is 4.99 Å². The van der Waals surface area contributed by atoms with Crippen molar-refractivity contribution in [1.82, 2.24) is 0 Å². The Balaban J connectivity index is 3.30. The first kappa shape index (κ1) is 12.4. The molecule has 1 aromatic rings. The van der Waals surface area contributed by atoms with E-state index < -0.39 is 0 Å². The van der Waals surface area contributed by atoms with E-state index in [-0.39, 0.29) is 0 Å². The molecule has 1 rings (SSSR count). The van der Waals surface area contributed by atoms with Crippen molar-refractivity contribution in [3.63, 3.8) is 0 Å². The maximum Gasteiger partial charge on any atom is 0.0666 e. The van der Waals surface area contributed by atoms with Gasteiger partial charge in [0.15, 0.2) is 0 Å². The van der Waals surface area contributed by atoms with Gasteiger partial charge in [0.2, 0.25) is 0 Å². The summed E-state index contributed by atoms with van der Waals surface area (Å²) in [4.78, 5) is 4.26. The minimum absolute atomic E-state index is 0.900. The van der Waals surface area contributed by atoms with Gasteiger partial charge in [-0.1, -0.05) is 31.4 Å². The van der Waals surface area contributed by atoms with E-state index >= 15 is 0 Å². The van der Waals surface area contributed by atoms with Gasteiger partial charge in [0, 0.05) is 12.6 Å². The molecule has 84 valence electrons. The van der Waals surface area contributed by atoms with Crippen molar-refractivity contribution in [2.75, 3.05) is 7.05 Å². The van der Waals surface area contributed by atoms with Gasteiger partial charge in [-0.05, 0) is 43.0 Å². The predicted octanol–water partition coefficient (Wildman–Crippen LogP) is 3.96. The van der Waals surface area contributed by atoms with Crippen LogP contribution in [0.5, 0.6) is 0 Å². The Hall–Kier alpha value is -1.63. The lowest BCUT2D eigenvalue weighted by Gasteiger charge is -2.14. The molecule has 0 N–H and O–H groups in total. The zero-order valence-electron chi connectivity index (χ0n) is 10.6. The van der Waals surface area contributed by atoms with Crippen LogP contribution in [-0.4, -0.2) is 12.8 Å². The van der Waals surface area contributed by atoms with Gasteiger partial charge in [-0.3, -0.25) is 4.99 Å². The molecule has 0 aromatic heterocycles. The molecule has 0 aliphatic heterocycles. The first-order chi connectivity index (χ1) is 7.49. The molecule has 1 heteroatoms. The summed E-state index contributed by atoms with van der Waals surface area (Å²) in [6.07, 6.45) is 0. The Morgan fingerprint density at radius 2 is 1.62 bits per heavy atom. The third-order valence-electron chi connectivity index (χ3n) is 2.70. The van der Waals surface area contributed by atoms with E-state index in [1.165, 1.54) is 16.7 Å². The van der Waals surface area contributed by atoms with Crippen LogP contribution in [-0.2, 0) is 0 Å². The van der Waals surface area contributed by atoms with Gasteiger partial charge in [0.1, 0.15) is 0 Å². The average Bonchev–Trinajstić information content (AvgIpc) is 2.17. The van der Waals surface area contributed by atoms with E-state index in [2.05, 4.69) is 50.2 Å². The summed E-state index contributed by atoms with van der Waals surface area (Å²) in [5, 5.41) is 0. The summed E-state index contributed by atoms with van der Waals surface area (Å²) >= 11 is 0. The SMILES string of the molecule is C=C(C)C(=NC)C(=C)c1c(C)cccc1C. The maximum atomic E-state index is 4.26. The second-order valence-corrected chi connectivity index (χ2v) is 4.10. The molecule has 0 unspecified atom stereocenters. The summed E-state index contributed by atoms with van der Waals surface area (Å²) in [7, 11) is 1.78.